The lowest BCUT2D eigenvalue weighted by Gasteiger charge is -2.54. The Hall–Kier alpha value is -0.120. The van der Waals surface area contributed by atoms with E-state index < -0.39 is 0 Å². The van der Waals surface area contributed by atoms with E-state index in [1.807, 2.05) is 7.05 Å². The number of likely N-dealkylation sites (N-methyl/N-ethyl adjacent to an activating group) is 2. The normalized spacial score (nSPS) is 28.3. The van der Waals surface area contributed by atoms with Crippen molar-refractivity contribution in [1.29, 1.82) is 0 Å². The molecule has 96 valence electrons. The molecule has 1 saturated heterocycles. The quantitative estimate of drug-likeness (QED) is 0.769. The number of nitrogens with one attached hydrogen (secondary N) is 1. The maximum atomic E-state index is 3.32. The fourth-order valence-corrected chi connectivity index (χ4v) is 2.52. The molecule has 0 radical (unpaired) electrons. The molecular formula is C13H29N3. The third-order valence-electron chi connectivity index (χ3n) is 3.82. The minimum absolute atomic E-state index is 0.250. The summed E-state index contributed by atoms with van der Waals surface area (Å²) in [6.45, 7) is 15.0. The van der Waals surface area contributed by atoms with Crippen LogP contribution >= 0.6 is 0 Å². The molecule has 0 aromatic carbocycles. The SMILES string of the molecule is CNCC1CN(C)C(C)(C)CN1C(C)(C)C. The summed E-state index contributed by atoms with van der Waals surface area (Å²) in [6, 6.07) is 0.614. The highest BCUT2D eigenvalue weighted by molar-refractivity contribution is 4.98. The Morgan fingerprint density at radius 3 is 2.31 bits per heavy atom. The summed E-state index contributed by atoms with van der Waals surface area (Å²) in [4.78, 5) is 5.13. The summed E-state index contributed by atoms with van der Waals surface area (Å²) < 4.78 is 0. The van der Waals surface area contributed by atoms with E-state index in [4.69, 9.17) is 0 Å². The van der Waals surface area contributed by atoms with Gasteiger partial charge in [0.25, 0.3) is 0 Å². The second-order valence-electron chi connectivity index (χ2n) is 6.70. The molecule has 3 nitrogen and oxygen atoms in total. The third kappa shape index (κ3) is 2.96. The molecule has 1 fully saturated rings. The molecule has 1 rings (SSSR count). The average Bonchev–Trinajstić information content (AvgIpc) is 2.10. The van der Waals surface area contributed by atoms with E-state index in [0.29, 0.717) is 6.04 Å². The molecule has 1 aliphatic heterocycles. The number of nitrogens with zero attached hydrogens (tertiary/aromatic N) is 2. The summed E-state index contributed by atoms with van der Waals surface area (Å²) in [5, 5.41) is 3.32. The zero-order chi connectivity index (χ0) is 12.6. The average molecular weight is 227 g/mol. The molecule has 1 N–H and O–H groups in total. The van der Waals surface area contributed by atoms with Crippen LogP contribution in [0.25, 0.3) is 0 Å². The second-order valence-corrected chi connectivity index (χ2v) is 6.70. The summed E-state index contributed by atoms with van der Waals surface area (Å²) in [6.07, 6.45) is 0. The van der Waals surface area contributed by atoms with Crippen LogP contribution < -0.4 is 5.32 Å². The van der Waals surface area contributed by atoms with Crippen LogP contribution in [0.4, 0.5) is 0 Å². The molecule has 1 unspecified atom stereocenters. The number of rotatable bonds is 2. The van der Waals surface area contributed by atoms with Gasteiger partial charge in [-0.05, 0) is 48.7 Å². The highest BCUT2D eigenvalue weighted by Crippen LogP contribution is 2.28. The fraction of sp³-hybridized carbons (Fsp3) is 1.00. The molecular weight excluding hydrogens is 198 g/mol. The predicted octanol–water partition coefficient (Wildman–Crippen LogP) is 1.40. The van der Waals surface area contributed by atoms with Crippen molar-refractivity contribution >= 4 is 0 Å². The molecule has 16 heavy (non-hydrogen) atoms. The van der Waals surface area contributed by atoms with Crippen molar-refractivity contribution in [2.75, 3.05) is 33.7 Å². The molecule has 0 spiro atoms. The Bertz CT molecular complexity index is 230. The largest absolute Gasteiger partial charge is 0.318 e. The summed E-state index contributed by atoms with van der Waals surface area (Å²) in [7, 11) is 4.28. The number of hydrogen-bond acceptors (Lipinski definition) is 3. The van der Waals surface area contributed by atoms with Crippen molar-refractivity contribution in [2.24, 2.45) is 0 Å². The molecule has 1 aliphatic rings. The first-order valence-corrected chi connectivity index (χ1v) is 6.31. The highest BCUT2D eigenvalue weighted by Gasteiger charge is 2.40. The van der Waals surface area contributed by atoms with Crippen LogP contribution in [0.1, 0.15) is 34.6 Å². The lowest BCUT2D eigenvalue weighted by molar-refractivity contribution is -0.0454. The van der Waals surface area contributed by atoms with Crippen molar-refractivity contribution in [2.45, 2.75) is 51.7 Å². The minimum Gasteiger partial charge on any atom is -0.318 e. The first-order valence-electron chi connectivity index (χ1n) is 6.31. The first-order chi connectivity index (χ1) is 7.18. The van der Waals surface area contributed by atoms with Gasteiger partial charge in [0.15, 0.2) is 0 Å². The van der Waals surface area contributed by atoms with E-state index in [0.717, 1.165) is 19.6 Å². The molecule has 1 atom stereocenters. The zero-order valence-electron chi connectivity index (χ0n) is 12.1. The molecule has 3 heteroatoms. The highest BCUT2D eigenvalue weighted by atomic mass is 15.3. The Morgan fingerprint density at radius 1 is 1.31 bits per heavy atom. The minimum atomic E-state index is 0.250. The van der Waals surface area contributed by atoms with Crippen LogP contribution in [0.2, 0.25) is 0 Å². The van der Waals surface area contributed by atoms with Crippen LogP contribution in [-0.2, 0) is 0 Å². The van der Waals surface area contributed by atoms with Gasteiger partial charge >= 0.3 is 0 Å². The van der Waals surface area contributed by atoms with Gasteiger partial charge in [0, 0.05) is 36.8 Å². The van der Waals surface area contributed by atoms with Crippen LogP contribution in [0.15, 0.2) is 0 Å². The summed E-state index contributed by atoms with van der Waals surface area (Å²) >= 11 is 0. The van der Waals surface area contributed by atoms with Gasteiger partial charge in [0.1, 0.15) is 0 Å². The molecule has 0 saturated carbocycles. The van der Waals surface area contributed by atoms with Crippen LogP contribution in [0.5, 0.6) is 0 Å². The van der Waals surface area contributed by atoms with Crippen molar-refractivity contribution in [3.05, 3.63) is 0 Å². The van der Waals surface area contributed by atoms with E-state index >= 15 is 0 Å². The van der Waals surface area contributed by atoms with E-state index in [-0.39, 0.29) is 11.1 Å². The molecule has 0 aromatic heterocycles. The predicted molar refractivity (Wildman–Crippen MR) is 70.9 cm³/mol. The molecule has 0 amide bonds. The monoisotopic (exact) mass is 227 g/mol. The van der Waals surface area contributed by atoms with E-state index in [9.17, 15) is 0 Å². The van der Waals surface area contributed by atoms with Crippen LogP contribution in [0, 0.1) is 0 Å². The Kier molecular flexibility index (Phi) is 4.04. The van der Waals surface area contributed by atoms with Gasteiger partial charge < -0.3 is 5.32 Å². The second kappa shape index (κ2) is 4.63. The molecule has 0 bridgehead atoms. The van der Waals surface area contributed by atoms with E-state index in [1.54, 1.807) is 0 Å². The van der Waals surface area contributed by atoms with Gasteiger partial charge in [-0.1, -0.05) is 0 Å². The summed E-state index contributed by atoms with van der Waals surface area (Å²) in [5.41, 5.74) is 0.525. The smallest absolute Gasteiger partial charge is 0.0353 e. The lowest BCUT2D eigenvalue weighted by atomic mass is 9.91. The number of hydrogen-bond donors (Lipinski definition) is 1. The lowest BCUT2D eigenvalue weighted by Crippen LogP contribution is -2.67. The summed E-state index contributed by atoms with van der Waals surface area (Å²) in [5.74, 6) is 0. The maximum Gasteiger partial charge on any atom is 0.0353 e. The van der Waals surface area contributed by atoms with E-state index in [2.05, 4.69) is 56.8 Å². The Balaban J connectivity index is 2.84. The van der Waals surface area contributed by atoms with Gasteiger partial charge in [-0.15, -0.1) is 0 Å². The van der Waals surface area contributed by atoms with Crippen molar-refractivity contribution in [1.82, 2.24) is 15.1 Å². The van der Waals surface area contributed by atoms with Crippen LogP contribution in [-0.4, -0.2) is 60.6 Å². The van der Waals surface area contributed by atoms with Gasteiger partial charge in [0.05, 0.1) is 0 Å². The van der Waals surface area contributed by atoms with Crippen molar-refractivity contribution < 1.29 is 0 Å². The zero-order valence-corrected chi connectivity index (χ0v) is 12.1. The van der Waals surface area contributed by atoms with Gasteiger partial charge in [-0.2, -0.15) is 0 Å². The molecule has 0 aromatic rings. The van der Waals surface area contributed by atoms with Crippen LogP contribution in [0.3, 0.4) is 0 Å². The maximum absolute atomic E-state index is 3.32. The molecule has 1 heterocycles. The van der Waals surface area contributed by atoms with Gasteiger partial charge in [-0.25, -0.2) is 0 Å². The molecule has 0 aliphatic carbocycles. The van der Waals surface area contributed by atoms with E-state index in [1.165, 1.54) is 0 Å². The Labute approximate surface area is 101 Å². The first kappa shape index (κ1) is 13.9. The Morgan fingerprint density at radius 2 is 1.88 bits per heavy atom. The van der Waals surface area contributed by atoms with Crippen molar-refractivity contribution in [3.63, 3.8) is 0 Å². The standard InChI is InChI=1S/C13H29N3/c1-12(2,3)16-10-13(4,5)15(7)9-11(16)8-14-6/h11,14H,8-10H2,1-7H3. The van der Waals surface area contributed by atoms with Crippen molar-refractivity contribution in [3.8, 4) is 0 Å². The number of piperazine rings is 1. The third-order valence-corrected chi connectivity index (χ3v) is 3.82. The van der Waals surface area contributed by atoms with Gasteiger partial charge in [-0.3, -0.25) is 9.80 Å². The topological polar surface area (TPSA) is 18.5 Å². The fourth-order valence-electron chi connectivity index (χ4n) is 2.52. The van der Waals surface area contributed by atoms with Gasteiger partial charge in [0.2, 0.25) is 0 Å².